The smallest absolute Gasteiger partial charge is 0.248 e. The number of hydrogen-bond acceptors (Lipinski definition) is 3. The second-order valence-electron chi connectivity index (χ2n) is 8.44. The maximum atomic E-state index is 12.7. The minimum absolute atomic E-state index is 0.0155. The molecule has 2 aromatic carbocycles. The van der Waals surface area contributed by atoms with Gasteiger partial charge < -0.3 is 14.5 Å². The van der Waals surface area contributed by atoms with Crippen LogP contribution in [0.5, 0.6) is 0 Å². The zero-order chi connectivity index (χ0) is 20.9. The molecular formula is C24H30N2O3. The van der Waals surface area contributed by atoms with Crippen LogP contribution in [-0.4, -0.2) is 54.4 Å². The molecule has 5 heteroatoms. The Morgan fingerprint density at radius 1 is 0.828 bits per heavy atom. The Morgan fingerprint density at radius 2 is 1.28 bits per heavy atom. The lowest BCUT2D eigenvalue weighted by Gasteiger charge is -2.37. The normalized spacial score (nSPS) is 14.9. The molecule has 5 nitrogen and oxygen atoms in total. The molecule has 1 aliphatic heterocycles. The summed E-state index contributed by atoms with van der Waals surface area (Å²) in [5.74, 6) is 0.0961. The first kappa shape index (κ1) is 21.1. The minimum atomic E-state index is -0.395. The predicted octanol–water partition coefficient (Wildman–Crippen LogP) is 3.51. The van der Waals surface area contributed by atoms with Crippen molar-refractivity contribution >= 4 is 11.8 Å². The number of hydrogen-bond donors (Lipinski definition) is 0. The van der Waals surface area contributed by atoms with Gasteiger partial charge in [0.2, 0.25) is 11.8 Å². The van der Waals surface area contributed by atoms with Crippen LogP contribution in [0.3, 0.4) is 0 Å². The van der Waals surface area contributed by atoms with Crippen molar-refractivity contribution in [2.45, 2.75) is 26.9 Å². The summed E-state index contributed by atoms with van der Waals surface area (Å²) in [4.78, 5) is 28.8. The number of carbonyl (C=O) groups excluding carboxylic acids is 2. The molecule has 154 valence electrons. The Labute approximate surface area is 173 Å². The van der Waals surface area contributed by atoms with Crippen molar-refractivity contribution in [3.63, 3.8) is 0 Å². The third-order valence-corrected chi connectivity index (χ3v) is 5.14. The summed E-state index contributed by atoms with van der Waals surface area (Å²) in [6.45, 7) is 8.03. The van der Waals surface area contributed by atoms with Crippen LogP contribution in [0.2, 0.25) is 0 Å². The van der Waals surface area contributed by atoms with Crippen molar-refractivity contribution in [1.29, 1.82) is 0 Å². The van der Waals surface area contributed by atoms with Gasteiger partial charge in [-0.1, -0.05) is 81.4 Å². The van der Waals surface area contributed by atoms with Crippen LogP contribution in [0.25, 0.3) is 0 Å². The molecule has 3 rings (SSSR count). The van der Waals surface area contributed by atoms with Crippen molar-refractivity contribution < 1.29 is 14.3 Å². The quantitative estimate of drug-likeness (QED) is 0.780. The minimum Gasteiger partial charge on any atom is -0.359 e. The standard InChI is InChI=1S/C24H30N2O3/c1-24(2,3)23(28)26-16-14-25(15-17-26)21(27)18-29-22(19-10-6-4-7-11-19)20-12-8-5-9-13-20/h4-13,22H,14-18H2,1-3H3. The van der Waals surface area contributed by atoms with Gasteiger partial charge >= 0.3 is 0 Å². The van der Waals surface area contributed by atoms with E-state index in [1.54, 1.807) is 4.90 Å². The summed E-state index contributed by atoms with van der Waals surface area (Å²) in [6.07, 6.45) is -0.287. The monoisotopic (exact) mass is 394 g/mol. The highest BCUT2D eigenvalue weighted by atomic mass is 16.5. The Bertz CT molecular complexity index is 768. The molecule has 1 fully saturated rings. The zero-order valence-corrected chi connectivity index (χ0v) is 17.5. The molecule has 0 saturated carbocycles. The molecule has 0 unspecified atom stereocenters. The molecule has 0 atom stereocenters. The summed E-state index contributed by atoms with van der Waals surface area (Å²) in [6, 6.07) is 19.9. The fourth-order valence-electron chi connectivity index (χ4n) is 3.52. The number of ether oxygens (including phenoxy) is 1. The van der Waals surface area contributed by atoms with Crippen LogP contribution in [0.1, 0.15) is 38.0 Å². The Balaban J connectivity index is 1.59. The van der Waals surface area contributed by atoms with Gasteiger partial charge in [-0.05, 0) is 11.1 Å². The van der Waals surface area contributed by atoms with E-state index < -0.39 is 5.41 Å². The summed E-state index contributed by atoms with van der Waals surface area (Å²) < 4.78 is 6.09. The Hall–Kier alpha value is -2.66. The lowest BCUT2D eigenvalue weighted by Crippen LogP contribution is -2.53. The van der Waals surface area contributed by atoms with Gasteiger partial charge in [0.1, 0.15) is 12.7 Å². The van der Waals surface area contributed by atoms with E-state index in [0.29, 0.717) is 26.2 Å². The van der Waals surface area contributed by atoms with Gasteiger partial charge in [-0.3, -0.25) is 9.59 Å². The lowest BCUT2D eigenvalue weighted by atomic mass is 9.94. The number of piperazine rings is 1. The van der Waals surface area contributed by atoms with Crippen LogP contribution in [0, 0.1) is 5.41 Å². The van der Waals surface area contributed by atoms with Gasteiger partial charge in [0.05, 0.1) is 0 Å². The molecule has 0 spiro atoms. The van der Waals surface area contributed by atoms with Gasteiger partial charge in [0.25, 0.3) is 0 Å². The van der Waals surface area contributed by atoms with Crippen molar-refractivity contribution in [2.24, 2.45) is 5.41 Å². The Morgan fingerprint density at radius 3 is 1.72 bits per heavy atom. The SMILES string of the molecule is CC(C)(C)C(=O)N1CCN(C(=O)COC(c2ccccc2)c2ccccc2)CC1. The van der Waals surface area contributed by atoms with Crippen LogP contribution in [-0.2, 0) is 14.3 Å². The molecule has 0 aromatic heterocycles. The van der Waals surface area contributed by atoms with E-state index in [1.165, 1.54) is 0 Å². The van der Waals surface area contributed by atoms with Crippen LogP contribution >= 0.6 is 0 Å². The third-order valence-electron chi connectivity index (χ3n) is 5.14. The molecular weight excluding hydrogens is 364 g/mol. The van der Waals surface area contributed by atoms with E-state index in [2.05, 4.69) is 0 Å². The molecule has 29 heavy (non-hydrogen) atoms. The van der Waals surface area contributed by atoms with Gasteiger partial charge in [0.15, 0.2) is 0 Å². The number of rotatable bonds is 5. The first-order valence-electron chi connectivity index (χ1n) is 10.1. The lowest BCUT2D eigenvalue weighted by molar-refractivity contribution is -0.147. The number of benzene rings is 2. The molecule has 2 aromatic rings. The van der Waals surface area contributed by atoms with Gasteiger partial charge in [-0.2, -0.15) is 0 Å². The van der Waals surface area contributed by atoms with Crippen LogP contribution in [0.15, 0.2) is 60.7 Å². The van der Waals surface area contributed by atoms with E-state index in [1.807, 2.05) is 86.3 Å². The zero-order valence-electron chi connectivity index (χ0n) is 17.5. The fourth-order valence-corrected chi connectivity index (χ4v) is 3.52. The highest BCUT2D eigenvalue weighted by molar-refractivity contribution is 5.82. The number of amides is 2. The number of carbonyl (C=O) groups is 2. The topological polar surface area (TPSA) is 49.9 Å². The van der Waals surface area contributed by atoms with Crippen molar-refractivity contribution in [2.75, 3.05) is 32.8 Å². The van der Waals surface area contributed by atoms with E-state index in [-0.39, 0.29) is 24.5 Å². The highest BCUT2D eigenvalue weighted by Gasteiger charge is 2.31. The average molecular weight is 395 g/mol. The highest BCUT2D eigenvalue weighted by Crippen LogP contribution is 2.26. The summed E-state index contributed by atoms with van der Waals surface area (Å²) >= 11 is 0. The fraction of sp³-hybridized carbons (Fsp3) is 0.417. The average Bonchev–Trinajstić information content (AvgIpc) is 2.74. The van der Waals surface area contributed by atoms with E-state index in [4.69, 9.17) is 4.74 Å². The van der Waals surface area contributed by atoms with Crippen molar-refractivity contribution in [1.82, 2.24) is 9.80 Å². The summed E-state index contributed by atoms with van der Waals surface area (Å²) in [7, 11) is 0. The summed E-state index contributed by atoms with van der Waals surface area (Å²) in [5, 5.41) is 0. The van der Waals surface area contributed by atoms with Crippen LogP contribution in [0.4, 0.5) is 0 Å². The van der Waals surface area contributed by atoms with Gasteiger partial charge in [-0.25, -0.2) is 0 Å². The second kappa shape index (κ2) is 9.23. The largest absolute Gasteiger partial charge is 0.359 e. The molecule has 0 bridgehead atoms. The Kier molecular flexibility index (Phi) is 6.70. The van der Waals surface area contributed by atoms with Gasteiger partial charge in [0, 0.05) is 31.6 Å². The predicted molar refractivity (Wildman–Crippen MR) is 113 cm³/mol. The van der Waals surface area contributed by atoms with E-state index in [9.17, 15) is 9.59 Å². The molecule has 0 radical (unpaired) electrons. The first-order valence-corrected chi connectivity index (χ1v) is 10.1. The molecule has 1 aliphatic rings. The van der Waals surface area contributed by atoms with E-state index >= 15 is 0 Å². The van der Waals surface area contributed by atoms with Crippen molar-refractivity contribution in [3.8, 4) is 0 Å². The van der Waals surface area contributed by atoms with Crippen LogP contribution < -0.4 is 0 Å². The molecule has 1 saturated heterocycles. The van der Waals surface area contributed by atoms with Crippen molar-refractivity contribution in [3.05, 3.63) is 71.8 Å². The molecule has 0 N–H and O–H groups in total. The molecule has 1 heterocycles. The molecule has 0 aliphatic carbocycles. The molecule has 2 amide bonds. The van der Waals surface area contributed by atoms with E-state index in [0.717, 1.165) is 11.1 Å². The maximum absolute atomic E-state index is 12.7. The third kappa shape index (κ3) is 5.45. The summed E-state index contributed by atoms with van der Waals surface area (Å²) in [5.41, 5.74) is 1.65. The maximum Gasteiger partial charge on any atom is 0.248 e. The first-order chi connectivity index (χ1) is 13.9. The second-order valence-corrected chi connectivity index (χ2v) is 8.44. The van der Waals surface area contributed by atoms with Gasteiger partial charge in [-0.15, -0.1) is 0 Å². The number of nitrogens with zero attached hydrogens (tertiary/aromatic N) is 2.